The summed E-state index contributed by atoms with van der Waals surface area (Å²) >= 11 is 7.36. The molecule has 4 aromatic rings. The van der Waals surface area contributed by atoms with Gasteiger partial charge in [0.25, 0.3) is 5.91 Å². The highest BCUT2D eigenvalue weighted by Crippen LogP contribution is 2.22. The first-order chi connectivity index (χ1) is 13.5. The fraction of sp³-hybridized carbons (Fsp3) is 0.105. The molecule has 0 unspecified atom stereocenters. The largest absolute Gasteiger partial charge is 0.352 e. The van der Waals surface area contributed by atoms with Gasteiger partial charge in [0.2, 0.25) is 4.96 Å². The zero-order valence-corrected chi connectivity index (χ0v) is 15.9. The zero-order chi connectivity index (χ0) is 19.7. The van der Waals surface area contributed by atoms with Gasteiger partial charge in [0.1, 0.15) is 0 Å². The monoisotopic (exact) mass is 418 g/mol. The molecule has 142 valence electrons. The second-order valence-electron chi connectivity index (χ2n) is 6.00. The number of benzene rings is 2. The van der Waals surface area contributed by atoms with Gasteiger partial charge in [-0.25, -0.2) is 13.3 Å². The summed E-state index contributed by atoms with van der Waals surface area (Å²) in [6, 6.07) is 10.3. The van der Waals surface area contributed by atoms with E-state index in [0.717, 1.165) is 28.4 Å². The molecular weight excluding hydrogens is 406 g/mol. The Labute approximate surface area is 167 Å². The molecule has 0 fully saturated rings. The van der Waals surface area contributed by atoms with Crippen LogP contribution in [0.3, 0.4) is 0 Å². The van der Waals surface area contributed by atoms with Crippen molar-refractivity contribution in [2.24, 2.45) is 0 Å². The van der Waals surface area contributed by atoms with Gasteiger partial charge in [-0.2, -0.15) is 4.98 Å². The minimum Gasteiger partial charge on any atom is -0.352 e. The van der Waals surface area contributed by atoms with Crippen molar-refractivity contribution in [3.05, 3.63) is 75.8 Å². The van der Waals surface area contributed by atoms with Crippen LogP contribution in [-0.4, -0.2) is 27.0 Å². The summed E-state index contributed by atoms with van der Waals surface area (Å²) in [7, 11) is 0. The normalized spacial score (nSPS) is 11.1. The average molecular weight is 419 g/mol. The lowest BCUT2D eigenvalue weighted by molar-refractivity contribution is 0.0953. The molecule has 4 rings (SSSR count). The van der Waals surface area contributed by atoms with Crippen LogP contribution in [0.25, 0.3) is 16.3 Å². The molecule has 0 radical (unpaired) electrons. The molecule has 1 N–H and O–H groups in total. The average Bonchev–Trinajstić information content (AvgIpc) is 3.26. The van der Waals surface area contributed by atoms with E-state index < -0.39 is 17.5 Å². The molecule has 0 bridgehead atoms. The minimum absolute atomic E-state index is 0.0696. The van der Waals surface area contributed by atoms with E-state index in [4.69, 9.17) is 11.6 Å². The van der Waals surface area contributed by atoms with E-state index >= 15 is 0 Å². The number of rotatable bonds is 5. The van der Waals surface area contributed by atoms with E-state index in [1.54, 1.807) is 16.6 Å². The van der Waals surface area contributed by atoms with Crippen LogP contribution in [0.1, 0.15) is 16.1 Å². The number of halogens is 3. The summed E-state index contributed by atoms with van der Waals surface area (Å²) < 4.78 is 27.9. The number of carbonyl (C=O) groups is 1. The fourth-order valence-electron chi connectivity index (χ4n) is 2.66. The summed E-state index contributed by atoms with van der Waals surface area (Å²) in [5.41, 5.74) is 1.82. The molecule has 0 aliphatic rings. The maximum Gasteiger partial charge on any atom is 0.251 e. The quantitative estimate of drug-likeness (QED) is 0.524. The third-order valence-corrected chi connectivity index (χ3v) is 5.22. The van der Waals surface area contributed by atoms with Gasteiger partial charge in [0.15, 0.2) is 17.5 Å². The van der Waals surface area contributed by atoms with Gasteiger partial charge < -0.3 is 5.32 Å². The van der Waals surface area contributed by atoms with Crippen LogP contribution in [0.5, 0.6) is 0 Å². The first-order valence-corrected chi connectivity index (χ1v) is 9.59. The number of carbonyl (C=O) groups excluding carboxylic acids is 1. The number of amides is 1. The van der Waals surface area contributed by atoms with Gasteiger partial charge >= 0.3 is 0 Å². The Bertz CT molecular complexity index is 1160. The molecule has 0 atom stereocenters. The molecule has 0 spiro atoms. The number of nitrogens with zero attached hydrogens (tertiary/aromatic N) is 3. The number of aromatic nitrogens is 3. The maximum atomic E-state index is 13.2. The Hall–Kier alpha value is -2.84. The summed E-state index contributed by atoms with van der Waals surface area (Å²) in [5, 5.41) is 9.77. The molecular formula is C19H13ClF2N4OS. The topological polar surface area (TPSA) is 59.3 Å². The summed E-state index contributed by atoms with van der Waals surface area (Å²) in [6.07, 6.45) is 0.513. The molecule has 9 heteroatoms. The Morgan fingerprint density at radius 1 is 1.14 bits per heavy atom. The SMILES string of the molecule is O=C(NCCc1csc2nc(-c3ccc(Cl)cc3)nn12)c1ccc(F)c(F)c1. The van der Waals surface area contributed by atoms with Crippen LogP contribution in [0.4, 0.5) is 8.78 Å². The predicted octanol–water partition coefficient (Wildman–Crippen LogP) is 4.36. The van der Waals surface area contributed by atoms with Gasteiger partial charge in [0.05, 0.1) is 5.69 Å². The van der Waals surface area contributed by atoms with Crippen LogP contribution < -0.4 is 5.32 Å². The summed E-state index contributed by atoms with van der Waals surface area (Å²) in [4.78, 5) is 17.3. The molecule has 0 saturated heterocycles. The van der Waals surface area contributed by atoms with E-state index in [1.165, 1.54) is 17.4 Å². The molecule has 2 aromatic heterocycles. The van der Waals surface area contributed by atoms with Crippen molar-refractivity contribution >= 4 is 33.8 Å². The van der Waals surface area contributed by atoms with Crippen LogP contribution in [0, 0.1) is 11.6 Å². The Morgan fingerprint density at radius 3 is 2.68 bits per heavy atom. The molecule has 1 amide bonds. The third-order valence-electron chi connectivity index (χ3n) is 4.10. The zero-order valence-electron chi connectivity index (χ0n) is 14.3. The lowest BCUT2D eigenvalue weighted by Crippen LogP contribution is -2.26. The van der Waals surface area contributed by atoms with Crippen molar-refractivity contribution in [1.29, 1.82) is 0 Å². The van der Waals surface area contributed by atoms with Gasteiger partial charge in [0, 0.05) is 34.5 Å². The van der Waals surface area contributed by atoms with Gasteiger partial charge in [-0.15, -0.1) is 16.4 Å². The fourth-order valence-corrected chi connectivity index (χ4v) is 3.64. The summed E-state index contributed by atoms with van der Waals surface area (Å²) in [6.45, 7) is 0.319. The molecule has 0 saturated carbocycles. The predicted molar refractivity (Wildman–Crippen MR) is 104 cm³/mol. The van der Waals surface area contributed by atoms with Gasteiger partial charge in [-0.05, 0) is 42.5 Å². The molecule has 0 aliphatic carbocycles. The lowest BCUT2D eigenvalue weighted by Gasteiger charge is -2.05. The molecule has 2 heterocycles. The number of hydrogen-bond acceptors (Lipinski definition) is 4. The number of fused-ring (bicyclic) bond motifs is 1. The van der Waals surface area contributed by atoms with Crippen LogP contribution in [0.2, 0.25) is 5.02 Å². The van der Waals surface area contributed by atoms with Crippen molar-refractivity contribution in [3.63, 3.8) is 0 Å². The number of thiazole rings is 1. The van der Waals surface area contributed by atoms with E-state index in [-0.39, 0.29) is 5.56 Å². The summed E-state index contributed by atoms with van der Waals surface area (Å²) in [5.74, 6) is -1.91. The van der Waals surface area contributed by atoms with Crippen molar-refractivity contribution in [2.75, 3.05) is 6.54 Å². The second-order valence-corrected chi connectivity index (χ2v) is 7.27. The Kier molecular flexibility index (Phi) is 5.06. The van der Waals surface area contributed by atoms with Crippen LogP contribution >= 0.6 is 22.9 Å². The van der Waals surface area contributed by atoms with Crippen molar-refractivity contribution in [3.8, 4) is 11.4 Å². The van der Waals surface area contributed by atoms with Crippen molar-refractivity contribution in [2.45, 2.75) is 6.42 Å². The third kappa shape index (κ3) is 3.74. The molecule has 5 nitrogen and oxygen atoms in total. The Balaban J connectivity index is 1.44. The number of hydrogen-bond donors (Lipinski definition) is 1. The van der Waals surface area contributed by atoms with E-state index in [1.807, 2.05) is 17.5 Å². The molecule has 28 heavy (non-hydrogen) atoms. The van der Waals surface area contributed by atoms with E-state index in [9.17, 15) is 13.6 Å². The van der Waals surface area contributed by atoms with Crippen LogP contribution in [0.15, 0.2) is 47.8 Å². The van der Waals surface area contributed by atoms with Crippen molar-refractivity contribution < 1.29 is 13.6 Å². The first kappa shape index (κ1) is 18.5. The maximum absolute atomic E-state index is 13.2. The second kappa shape index (κ2) is 7.65. The Morgan fingerprint density at radius 2 is 1.93 bits per heavy atom. The van der Waals surface area contributed by atoms with Crippen LogP contribution in [-0.2, 0) is 6.42 Å². The lowest BCUT2D eigenvalue weighted by atomic mass is 10.2. The van der Waals surface area contributed by atoms with Gasteiger partial charge in [-0.3, -0.25) is 4.79 Å². The highest BCUT2D eigenvalue weighted by atomic mass is 35.5. The smallest absolute Gasteiger partial charge is 0.251 e. The van der Waals surface area contributed by atoms with E-state index in [2.05, 4.69) is 15.4 Å². The highest BCUT2D eigenvalue weighted by molar-refractivity contribution is 7.15. The standard InChI is InChI=1S/C19H13ClF2N4OS/c20-13-4-1-11(2-5-13)17-24-19-26(25-17)14(10-28-19)7-8-23-18(27)12-3-6-15(21)16(22)9-12/h1-6,9-10H,7-8H2,(H,23,27). The number of nitrogens with one attached hydrogen (secondary N) is 1. The molecule has 2 aromatic carbocycles. The van der Waals surface area contributed by atoms with E-state index in [0.29, 0.717) is 23.8 Å². The minimum atomic E-state index is -1.05. The molecule has 0 aliphatic heterocycles. The first-order valence-electron chi connectivity index (χ1n) is 8.33. The van der Waals surface area contributed by atoms with Crippen molar-refractivity contribution in [1.82, 2.24) is 19.9 Å². The highest BCUT2D eigenvalue weighted by Gasteiger charge is 2.13. The van der Waals surface area contributed by atoms with Gasteiger partial charge in [-0.1, -0.05) is 11.6 Å².